The second-order valence-electron chi connectivity index (χ2n) is 8.56. The molecule has 2 heterocycles. The van der Waals surface area contributed by atoms with E-state index in [1.54, 1.807) is 11.8 Å². The van der Waals surface area contributed by atoms with E-state index in [1.165, 1.54) is 31.2 Å². The van der Waals surface area contributed by atoms with Crippen LogP contribution in [0.1, 0.15) is 56.0 Å². The fourth-order valence-electron chi connectivity index (χ4n) is 4.10. The molecule has 0 unspecified atom stereocenters. The average molecular weight is 412 g/mol. The van der Waals surface area contributed by atoms with Gasteiger partial charge in [-0.25, -0.2) is 0 Å². The number of hydrogen-bond acceptors (Lipinski definition) is 5. The van der Waals surface area contributed by atoms with Crippen LogP contribution in [0.5, 0.6) is 0 Å². The molecule has 2 aliphatic carbocycles. The predicted octanol–water partition coefficient (Wildman–Crippen LogP) is 3.32. The van der Waals surface area contributed by atoms with Crippen molar-refractivity contribution in [2.24, 2.45) is 0 Å². The van der Waals surface area contributed by atoms with E-state index in [0.717, 1.165) is 43.7 Å². The minimum Gasteiger partial charge on any atom is -0.339 e. The molecular weight excluding hydrogens is 382 g/mol. The lowest BCUT2D eigenvalue weighted by Crippen LogP contribution is -2.50. The van der Waals surface area contributed by atoms with Crippen molar-refractivity contribution in [2.75, 3.05) is 26.2 Å². The zero-order valence-electron chi connectivity index (χ0n) is 17.0. The van der Waals surface area contributed by atoms with Gasteiger partial charge in [-0.05, 0) is 38.2 Å². The Labute approximate surface area is 176 Å². The number of benzene rings is 1. The summed E-state index contributed by atoms with van der Waals surface area (Å²) in [6, 6.07) is 11.1. The topological polar surface area (TPSA) is 54.3 Å². The summed E-state index contributed by atoms with van der Waals surface area (Å²) < 4.78 is 2.34. The van der Waals surface area contributed by atoms with E-state index in [9.17, 15) is 4.79 Å². The number of aromatic nitrogens is 3. The Morgan fingerprint density at radius 3 is 2.45 bits per heavy atom. The first-order valence-electron chi connectivity index (χ1n) is 10.9. The molecular formula is C22H29N5OS. The van der Waals surface area contributed by atoms with Gasteiger partial charge in [0.2, 0.25) is 5.91 Å². The van der Waals surface area contributed by atoms with Crippen molar-refractivity contribution >= 4 is 17.7 Å². The molecule has 0 spiro atoms. The Kier molecular flexibility index (Phi) is 5.35. The van der Waals surface area contributed by atoms with E-state index in [2.05, 4.69) is 50.0 Å². The van der Waals surface area contributed by atoms with Crippen LogP contribution in [-0.2, 0) is 11.3 Å². The summed E-state index contributed by atoms with van der Waals surface area (Å²) in [7, 11) is 0. The van der Waals surface area contributed by atoms with Gasteiger partial charge in [0, 0.05) is 44.7 Å². The van der Waals surface area contributed by atoms with Crippen molar-refractivity contribution in [2.45, 2.75) is 61.5 Å². The molecule has 2 aromatic rings. The number of hydrogen-bond donors (Lipinski definition) is 0. The minimum absolute atomic E-state index is 0.121. The SMILES string of the molecule is C[C@@H](Sc1nnc(C2CC2)n1C1CC1)C(=O)N1CCN(Cc2ccccc2)CC1. The molecule has 1 aromatic carbocycles. The lowest BCUT2D eigenvalue weighted by atomic mass is 10.2. The minimum atomic E-state index is -0.121. The Hall–Kier alpha value is -1.86. The molecule has 3 fully saturated rings. The highest BCUT2D eigenvalue weighted by atomic mass is 32.2. The maximum absolute atomic E-state index is 13.0. The van der Waals surface area contributed by atoms with Gasteiger partial charge in [-0.2, -0.15) is 0 Å². The van der Waals surface area contributed by atoms with Gasteiger partial charge >= 0.3 is 0 Å². The maximum Gasteiger partial charge on any atom is 0.235 e. The fraction of sp³-hybridized carbons (Fsp3) is 0.591. The van der Waals surface area contributed by atoms with E-state index < -0.39 is 0 Å². The molecule has 5 rings (SSSR count). The Morgan fingerprint density at radius 2 is 1.79 bits per heavy atom. The van der Waals surface area contributed by atoms with Crippen molar-refractivity contribution in [3.05, 3.63) is 41.7 Å². The molecule has 0 N–H and O–H groups in total. The summed E-state index contributed by atoms with van der Waals surface area (Å²) in [5.41, 5.74) is 1.34. The third-order valence-corrected chi connectivity index (χ3v) is 7.15. The molecule has 3 aliphatic rings. The molecule has 2 saturated carbocycles. The number of rotatable bonds is 7. The lowest BCUT2D eigenvalue weighted by molar-refractivity contribution is -0.132. The summed E-state index contributed by atoms with van der Waals surface area (Å²) >= 11 is 1.59. The fourth-order valence-corrected chi connectivity index (χ4v) is 5.11. The van der Waals surface area contributed by atoms with Crippen molar-refractivity contribution in [1.82, 2.24) is 24.6 Å². The summed E-state index contributed by atoms with van der Waals surface area (Å²) in [5.74, 6) is 1.98. The van der Waals surface area contributed by atoms with Crippen molar-refractivity contribution in [3.63, 3.8) is 0 Å². The van der Waals surface area contributed by atoms with Crippen molar-refractivity contribution < 1.29 is 4.79 Å². The van der Waals surface area contributed by atoms with Crippen LogP contribution in [0.15, 0.2) is 35.5 Å². The first kappa shape index (κ1) is 19.1. The molecule has 1 aromatic heterocycles. The normalized spacial score (nSPS) is 21.3. The van der Waals surface area contributed by atoms with E-state index in [4.69, 9.17) is 0 Å². The number of carbonyl (C=O) groups excluding carboxylic acids is 1. The standard InChI is InChI=1S/C22H29N5OS/c1-16(29-22-24-23-20(18-7-8-18)27(22)19-9-10-19)21(28)26-13-11-25(12-14-26)15-17-5-3-2-4-6-17/h2-6,16,18-19H,7-15H2,1H3/t16-/m1/s1. The number of piperazine rings is 1. The molecule has 29 heavy (non-hydrogen) atoms. The van der Waals surface area contributed by atoms with Crippen LogP contribution in [0.3, 0.4) is 0 Å². The zero-order valence-corrected chi connectivity index (χ0v) is 17.9. The first-order valence-corrected chi connectivity index (χ1v) is 11.7. The Balaban J connectivity index is 1.16. The highest BCUT2D eigenvalue weighted by Crippen LogP contribution is 2.46. The number of nitrogens with zero attached hydrogens (tertiary/aromatic N) is 5. The van der Waals surface area contributed by atoms with E-state index >= 15 is 0 Å². The number of thioether (sulfide) groups is 1. The third-order valence-electron chi connectivity index (χ3n) is 6.11. The largest absolute Gasteiger partial charge is 0.339 e. The average Bonchev–Trinajstić information content (AvgIpc) is 3.68. The molecule has 1 saturated heterocycles. The highest BCUT2D eigenvalue weighted by Gasteiger charge is 2.37. The summed E-state index contributed by atoms with van der Waals surface area (Å²) in [4.78, 5) is 17.5. The summed E-state index contributed by atoms with van der Waals surface area (Å²) in [5, 5.41) is 9.76. The van der Waals surface area contributed by atoms with E-state index in [-0.39, 0.29) is 11.2 Å². The molecule has 1 amide bonds. The van der Waals surface area contributed by atoms with Gasteiger partial charge in [0.1, 0.15) is 5.82 Å². The van der Waals surface area contributed by atoms with Crippen LogP contribution in [-0.4, -0.2) is 61.9 Å². The van der Waals surface area contributed by atoms with Crippen LogP contribution in [0.4, 0.5) is 0 Å². The van der Waals surface area contributed by atoms with Gasteiger partial charge in [0.05, 0.1) is 5.25 Å². The molecule has 0 radical (unpaired) electrons. The quantitative estimate of drug-likeness (QED) is 0.654. The Bertz CT molecular complexity index is 853. The van der Waals surface area contributed by atoms with Crippen LogP contribution >= 0.6 is 11.8 Å². The van der Waals surface area contributed by atoms with Gasteiger partial charge in [-0.1, -0.05) is 42.1 Å². The molecule has 154 valence electrons. The van der Waals surface area contributed by atoms with Crippen LogP contribution < -0.4 is 0 Å². The van der Waals surface area contributed by atoms with Crippen molar-refractivity contribution in [3.8, 4) is 0 Å². The monoisotopic (exact) mass is 411 g/mol. The first-order chi connectivity index (χ1) is 14.2. The Morgan fingerprint density at radius 1 is 1.07 bits per heavy atom. The van der Waals surface area contributed by atoms with E-state index in [0.29, 0.717) is 12.0 Å². The molecule has 6 nitrogen and oxygen atoms in total. The van der Waals surface area contributed by atoms with Crippen molar-refractivity contribution in [1.29, 1.82) is 0 Å². The van der Waals surface area contributed by atoms with Gasteiger partial charge in [0.15, 0.2) is 5.16 Å². The van der Waals surface area contributed by atoms with Gasteiger partial charge in [-0.3, -0.25) is 9.69 Å². The third kappa shape index (κ3) is 4.36. The van der Waals surface area contributed by atoms with Gasteiger partial charge < -0.3 is 9.47 Å². The molecule has 7 heteroatoms. The van der Waals surface area contributed by atoms with Crippen LogP contribution in [0.2, 0.25) is 0 Å². The van der Waals surface area contributed by atoms with E-state index in [1.807, 2.05) is 11.8 Å². The van der Waals surface area contributed by atoms with Gasteiger partial charge in [0.25, 0.3) is 0 Å². The number of carbonyl (C=O) groups is 1. The van der Waals surface area contributed by atoms with Crippen LogP contribution in [0.25, 0.3) is 0 Å². The second kappa shape index (κ2) is 8.11. The molecule has 1 aliphatic heterocycles. The second-order valence-corrected chi connectivity index (χ2v) is 9.87. The van der Waals surface area contributed by atoms with Gasteiger partial charge in [-0.15, -0.1) is 10.2 Å². The zero-order chi connectivity index (χ0) is 19.8. The summed E-state index contributed by atoms with van der Waals surface area (Å²) in [6.45, 7) is 6.45. The lowest BCUT2D eigenvalue weighted by Gasteiger charge is -2.35. The highest BCUT2D eigenvalue weighted by molar-refractivity contribution is 8.00. The summed E-state index contributed by atoms with van der Waals surface area (Å²) in [6.07, 6.45) is 4.91. The smallest absolute Gasteiger partial charge is 0.235 e. The number of amides is 1. The van der Waals surface area contributed by atoms with Crippen LogP contribution in [0, 0.1) is 0 Å². The molecule has 0 bridgehead atoms. The predicted molar refractivity (Wildman–Crippen MR) is 114 cm³/mol. The maximum atomic E-state index is 13.0. The molecule has 1 atom stereocenters.